The summed E-state index contributed by atoms with van der Waals surface area (Å²) in [6.07, 6.45) is -4.78. The maximum atomic E-state index is 14.6. The lowest BCUT2D eigenvalue weighted by molar-refractivity contribution is -0.0763. The molecule has 3 saturated heterocycles. The molecule has 22 heteroatoms. The first-order chi connectivity index (χ1) is 31.4. The maximum absolute atomic E-state index is 14.6. The van der Waals surface area contributed by atoms with Crippen LogP contribution in [0.4, 0.5) is 0 Å². The molecule has 3 fully saturated rings. The number of ether oxygens (including phenoxy) is 7. The highest BCUT2D eigenvalue weighted by atomic mass is 31.2. The summed E-state index contributed by atoms with van der Waals surface area (Å²) in [5.41, 5.74) is 1.09. The second-order valence-electron chi connectivity index (χ2n) is 15.1. The first kappa shape index (κ1) is 50.9. The van der Waals surface area contributed by atoms with Crippen LogP contribution in [-0.2, 0) is 65.6 Å². The van der Waals surface area contributed by atoms with Crippen LogP contribution in [-0.4, -0.2) is 146 Å². The Morgan fingerprint density at radius 2 is 0.985 bits per heavy atom. The molecule has 2 unspecified atom stereocenters. The summed E-state index contributed by atoms with van der Waals surface area (Å²) in [4.78, 5) is 6.55. The normalized spacial score (nSPS) is 27.3. The predicted octanol–water partition coefficient (Wildman–Crippen LogP) is 5.77. The fourth-order valence-corrected chi connectivity index (χ4v) is 10.5. The van der Waals surface area contributed by atoms with E-state index in [0.29, 0.717) is 17.9 Å². The largest absolute Gasteiger partial charge is 0.497 e. The first-order valence-corrected chi connectivity index (χ1v) is 23.8. The molecule has 0 aromatic heterocycles. The van der Waals surface area contributed by atoms with Crippen LogP contribution in [0.15, 0.2) is 78.9 Å². The van der Waals surface area contributed by atoms with E-state index in [9.17, 15) is 9.13 Å². The summed E-state index contributed by atoms with van der Waals surface area (Å²) < 4.78 is 105. The average molecular weight is 930 g/mol. The Balaban J connectivity index is 1.22. The first-order valence-electron chi connectivity index (χ1n) is 20.9. The quantitative estimate of drug-likeness (QED) is 0.0331. The van der Waals surface area contributed by atoms with Gasteiger partial charge in [0, 0.05) is 25.1 Å². The number of hydrogen-bond donors (Lipinski definition) is 0. The van der Waals surface area contributed by atoms with Crippen LogP contribution in [0, 0.1) is 13.1 Å². The minimum atomic E-state index is -4.58. The summed E-state index contributed by atoms with van der Waals surface area (Å²) in [6.45, 7) is 12.6. The van der Waals surface area contributed by atoms with Crippen molar-refractivity contribution in [3.63, 3.8) is 0 Å². The van der Waals surface area contributed by atoms with E-state index in [0.717, 1.165) is 16.7 Å². The average Bonchev–Trinajstić information content (AvgIpc) is 3.99. The molecular formula is C43H51B3N2O15P2. The Morgan fingerprint density at radius 1 is 0.585 bits per heavy atom. The van der Waals surface area contributed by atoms with Crippen molar-refractivity contribution < 1.29 is 69.4 Å². The Hall–Kier alpha value is -3.55. The lowest BCUT2D eigenvalue weighted by Gasteiger charge is -2.37. The zero-order valence-corrected chi connectivity index (χ0v) is 38.2. The minimum Gasteiger partial charge on any atom is -0.497 e. The minimum absolute atomic E-state index is 0.000912. The molecule has 3 aromatic rings. The summed E-state index contributed by atoms with van der Waals surface area (Å²) in [5, 5.41) is 0. The third-order valence-electron chi connectivity index (χ3n) is 10.9. The molecule has 6 radical (unpaired) electrons. The fourth-order valence-electron chi connectivity index (χ4n) is 7.69. The molecule has 3 aliphatic rings. The van der Waals surface area contributed by atoms with E-state index in [-0.39, 0.29) is 52.4 Å². The zero-order valence-electron chi connectivity index (χ0n) is 36.4. The molecule has 11 atom stereocenters. The van der Waals surface area contributed by atoms with Gasteiger partial charge in [-0.3, -0.25) is 27.1 Å². The molecule has 0 N–H and O–H groups in total. The van der Waals surface area contributed by atoms with Gasteiger partial charge in [-0.1, -0.05) is 54.6 Å². The van der Waals surface area contributed by atoms with Crippen LogP contribution < -0.4 is 9.47 Å². The van der Waals surface area contributed by atoms with Crippen molar-refractivity contribution in [3.05, 3.63) is 118 Å². The summed E-state index contributed by atoms with van der Waals surface area (Å²) in [7, 11) is 14.1. The molecular weight excluding hydrogens is 879 g/mol. The van der Waals surface area contributed by atoms with Crippen molar-refractivity contribution in [2.24, 2.45) is 0 Å². The van der Waals surface area contributed by atoms with Crippen molar-refractivity contribution in [2.45, 2.75) is 79.5 Å². The van der Waals surface area contributed by atoms with Crippen LogP contribution >= 0.6 is 15.6 Å². The van der Waals surface area contributed by atoms with Crippen molar-refractivity contribution in [1.29, 1.82) is 0 Å². The summed E-state index contributed by atoms with van der Waals surface area (Å²) in [5.74, 6) is 1.29. The molecule has 3 aliphatic heterocycles. The van der Waals surface area contributed by atoms with E-state index in [1.165, 1.54) is 7.11 Å². The molecule has 342 valence electrons. The van der Waals surface area contributed by atoms with Crippen LogP contribution in [0.5, 0.6) is 11.5 Å². The van der Waals surface area contributed by atoms with Gasteiger partial charge in [-0.05, 0) is 60.2 Å². The van der Waals surface area contributed by atoms with Gasteiger partial charge in [-0.25, -0.2) is 22.3 Å². The SMILES string of the molecule is [B][C@H]1C[C@@H](OC)[C@@H](COP(=O)(OCC[N+]#[C-])O[C@@H]2C[C@H]([B])O[C@@H]2COP(=O)(OCC[N+]#[C-])O[C@@H]2C[C@H]([B])O[C@@H]2COC(c2ccccc2)(c2ccc(OC)cc2)c2ccc(OC)cc2)O1. The van der Waals surface area contributed by atoms with Crippen LogP contribution in [0.1, 0.15) is 36.0 Å². The van der Waals surface area contributed by atoms with Gasteiger partial charge in [-0.2, -0.15) is 0 Å². The molecule has 3 aromatic carbocycles. The van der Waals surface area contributed by atoms with Crippen molar-refractivity contribution >= 4 is 39.2 Å². The highest BCUT2D eigenvalue weighted by molar-refractivity contribution is 7.48. The molecule has 0 spiro atoms. The molecule has 17 nitrogen and oxygen atoms in total. The standard InChI is InChI=1S/C43H51B3N2O15P2/c1-47-19-21-55-64(49,57-27-38-34(53-5)23-40(44)60-38)63-36-25-42(46)61-39(36)28-58-65(50,56-22-20-48-2)62-35-24-41(45)59-37(35)26-54-43(29-9-7-6-8-10-29,30-11-15-32(51-3)16-12-30)31-13-17-33(52-4)18-14-31/h6-18,34-42H,19-28H2,3-5H3/t34-,35-,36-,37-,38-,39-,40-,41-,42-,64?,65?/m1/s1. The second kappa shape index (κ2) is 24.0. The second-order valence-corrected chi connectivity index (χ2v) is 18.4. The smallest absolute Gasteiger partial charge is 0.475 e. The van der Waals surface area contributed by atoms with Gasteiger partial charge in [0.25, 0.3) is 0 Å². The van der Waals surface area contributed by atoms with Crippen LogP contribution in [0.2, 0.25) is 0 Å². The Labute approximate surface area is 384 Å². The van der Waals surface area contributed by atoms with E-state index >= 15 is 0 Å². The van der Waals surface area contributed by atoms with E-state index in [1.54, 1.807) is 14.2 Å². The number of nitrogens with zero attached hydrogens (tertiary/aromatic N) is 2. The number of methoxy groups -OCH3 is 3. The molecule has 0 saturated carbocycles. The fraction of sp³-hybridized carbons (Fsp3) is 0.535. The maximum Gasteiger partial charge on any atom is 0.475 e. The van der Waals surface area contributed by atoms with Gasteiger partial charge >= 0.3 is 15.6 Å². The third kappa shape index (κ3) is 13.3. The van der Waals surface area contributed by atoms with E-state index in [4.69, 9.17) is 97.0 Å². The number of phosphoric ester groups is 2. The third-order valence-corrected chi connectivity index (χ3v) is 13.8. The van der Waals surface area contributed by atoms with Crippen molar-refractivity contribution in [3.8, 4) is 11.5 Å². The zero-order chi connectivity index (χ0) is 46.5. The Bertz CT molecular complexity index is 2090. The topological polar surface area (TPSA) is 163 Å². The predicted molar refractivity (Wildman–Crippen MR) is 238 cm³/mol. The highest BCUT2D eigenvalue weighted by Gasteiger charge is 2.47. The monoisotopic (exact) mass is 930 g/mol. The Kier molecular flexibility index (Phi) is 18.7. The lowest BCUT2D eigenvalue weighted by atomic mass is 9.80. The van der Waals surface area contributed by atoms with Crippen LogP contribution in [0.25, 0.3) is 9.69 Å². The van der Waals surface area contributed by atoms with Gasteiger partial charge in [0.2, 0.25) is 13.1 Å². The van der Waals surface area contributed by atoms with Gasteiger partial charge in [0.15, 0.2) is 0 Å². The van der Waals surface area contributed by atoms with E-state index < -0.39 is 82.5 Å². The molecule has 0 amide bonds. The molecule has 6 rings (SSSR count). The van der Waals surface area contributed by atoms with Gasteiger partial charge in [-0.15, -0.1) is 0 Å². The van der Waals surface area contributed by atoms with E-state index in [2.05, 4.69) is 9.69 Å². The summed E-state index contributed by atoms with van der Waals surface area (Å²) in [6, 6.07) is 22.2. The van der Waals surface area contributed by atoms with Crippen molar-refractivity contribution in [1.82, 2.24) is 0 Å². The Morgan fingerprint density at radius 3 is 1.40 bits per heavy atom. The number of phosphoric acid groups is 2. The molecule has 3 heterocycles. The highest BCUT2D eigenvalue weighted by Crippen LogP contribution is 2.55. The number of hydrogen-bond acceptors (Lipinski definition) is 15. The summed E-state index contributed by atoms with van der Waals surface area (Å²) >= 11 is 0. The molecule has 0 bridgehead atoms. The molecule has 65 heavy (non-hydrogen) atoms. The van der Waals surface area contributed by atoms with Gasteiger partial charge < -0.3 is 42.8 Å². The number of benzene rings is 3. The van der Waals surface area contributed by atoms with E-state index in [1.807, 2.05) is 78.9 Å². The lowest BCUT2D eigenvalue weighted by Crippen LogP contribution is -2.38. The number of rotatable bonds is 25. The van der Waals surface area contributed by atoms with Gasteiger partial charge in [0.05, 0.1) is 52.4 Å². The van der Waals surface area contributed by atoms with Crippen molar-refractivity contribution in [2.75, 3.05) is 67.5 Å². The van der Waals surface area contributed by atoms with Crippen LogP contribution in [0.3, 0.4) is 0 Å². The molecule has 0 aliphatic carbocycles. The van der Waals surface area contributed by atoms with Gasteiger partial charge in [0.1, 0.15) is 72.2 Å².